The van der Waals surface area contributed by atoms with E-state index in [1.54, 1.807) is 5.57 Å². The van der Waals surface area contributed by atoms with E-state index in [4.69, 9.17) is 0 Å². The lowest BCUT2D eigenvalue weighted by molar-refractivity contribution is 0.923. The molecule has 0 amide bonds. The molecule has 1 aromatic carbocycles. The summed E-state index contributed by atoms with van der Waals surface area (Å²) in [5.41, 5.74) is 10.2. The van der Waals surface area contributed by atoms with Crippen LogP contribution in [0.3, 0.4) is 0 Å². The summed E-state index contributed by atoms with van der Waals surface area (Å²) >= 11 is 3.79. The molecule has 0 atom stereocenters. The van der Waals surface area contributed by atoms with Crippen molar-refractivity contribution in [3.63, 3.8) is 0 Å². The van der Waals surface area contributed by atoms with Crippen molar-refractivity contribution in [2.45, 2.75) is 46.5 Å². The predicted octanol–water partition coefficient (Wildman–Crippen LogP) is 6.60. The average molecular weight is 358 g/mol. The molecular weight excluding hydrogens is 322 g/mol. The Kier molecular flexibility index (Phi) is 15.0. The SMILES string of the molecule is C/C=C/C(=C\CC1=CC(c2ccccc2)=CCC1)CC.CCS.CN. The first-order valence-corrected chi connectivity index (χ1v) is 9.83. The second-order valence-electron chi connectivity index (χ2n) is 5.52. The number of hydrogen-bond donors (Lipinski definition) is 2. The molecule has 0 unspecified atom stereocenters. The molecular formula is C23H35NS. The zero-order valence-electron chi connectivity index (χ0n) is 16.3. The van der Waals surface area contributed by atoms with Gasteiger partial charge >= 0.3 is 0 Å². The molecule has 1 aliphatic rings. The molecule has 2 N–H and O–H groups in total. The lowest BCUT2D eigenvalue weighted by Crippen LogP contribution is -1.92. The van der Waals surface area contributed by atoms with Gasteiger partial charge in [-0.2, -0.15) is 12.6 Å². The lowest BCUT2D eigenvalue weighted by atomic mass is 9.92. The van der Waals surface area contributed by atoms with Crippen LogP contribution in [0.5, 0.6) is 0 Å². The van der Waals surface area contributed by atoms with Gasteiger partial charge in [0.2, 0.25) is 0 Å². The molecule has 1 aliphatic carbocycles. The van der Waals surface area contributed by atoms with Crippen molar-refractivity contribution in [1.29, 1.82) is 0 Å². The Morgan fingerprint density at radius 2 is 1.80 bits per heavy atom. The third-order valence-corrected chi connectivity index (χ3v) is 3.71. The second kappa shape index (κ2) is 16.0. The van der Waals surface area contributed by atoms with Gasteiger partial charge in [-0.3, -0.25) is 0 Å². The normalized spacial score (nSPS) is 13.9. The Labute approximate surface area is 160 Å². The first kappa shape index (κ1) is 23.5. The summed E-state index contributed by atoms with van der Waals surface area (Å²) in [6, 6.07) is 10.7. The minimum Gasteiger partial charge on any atom is -0.333 e. The summed E-state index contributed by atoms with van der Waals surface area (Å²) in [6.07, 6.45) is 16.0. The molecule has 1 aromatic rings. The van der Waals surface area contributed by atoms with E-state index in [2.05, 4.69) is 92.9 Å². The van der Waals surface area contributed by atoms with E-state index >= 15 is 0 Å². The van der Waals surface area contributed by atoms with Gasteiger partial charge in [-0.1, -0.05) is 85.7 Å². The highest BCUT2D eigenvalue weighted by atomic mass is 32.1. The van der Waals surface area contributed by atoms with E-state index in [1.807, 2.05) is 6.92 Å². The molecule has 2 heteroatoms. The zero-order chi connectivity index (χ0) is 18.9. The van der Waals surface area contributed by atoms with Crippen molar-refractivity contribution in [3.8, 4) is 0 Å². The van der Waals surface area contributed by atoms with Crippen molar-refractivity contribution in [3.05, 3.63) is 77.4 Å². The summed E-state index contributed by atoms with van der Waals surface area (Å²) in [7, 11) is 1.50. The number of benzene rings is 1. The predicted molar refractivity (Wildman–Crippen MR) is 119 cm³/mol. The average Bonchev–Trinajstić information content (AvgIpc) is 2.68. The van der Waals surface area contributed by atoms with Crippen LogP contribution >= 0.6 is 12.6 Å². The fraction of sp³-hybridized carbons (Fsp3) is 0.391. The van der Waals surface area contributed by atoms with Crippen LogP contribution in [0.25, 0.3) is 5.57 Å². The molecule has 0 aliphatic heterocycles. The smallest absolute Gasteiger partial charge is 0.0126 e. The first-order valence-electron chi connectivity index (χ1n) is 9.20. The standard InChI is InChI=1S/C20H24.C2H6S.CH5N/c1-3-9-17(4-2)14-15-18-10-8-13-20(16-18)19-11-6-5-7-12-19;1-2-3;1-2/h3,5-7,9,11-14,16H,4,8,10,15H2,1-2H3;3H,2H2,1H3;2H2,1H3/b9-3+,17-14-;;. The Bertz CT molecular complexity index is 565. The Balaban J connectivity index is 0.00000104. The lowest BCUT2D eigenvalue weighted by Gasteiger charge is -2.13. The largest absolute Gasteiger partial charge is 0.333 e. The Hall–Kier alpha value is -1.51. The van der Waals surface area contributed by atoms with Gasteiger partial charge in [0.05, 0.1) is 0 Å². The summed E-state index contributed by atoms with van der Waals surface area (Å²) in [5, 5.41) is 0. The highest BCUT2D eigenvalue weighted by molar-refractivity contribution is 7.80. The van der Waals surface area contributed by atoms with Gasteiger partial charge in [0.1, 0.15) is 0 Å². The quantitative estimate of drug-likeness (QED) is 0.450. The zero-order valence-corrected chi connectivity index (χ0v) is 17.2. The van der Waals surface area contributed by atoms with Crippen LogP contribution in [0.2, 0.25) is 0 Å². The molecule has 0 fully saturated rings. The molecule has 0 heterocycles. The summed E-state index contributed by atoms with van der Waals surface area (Å²) < 4.78 is 0. The van der Waals surface area contributed by atoms with Crippen molar-refractivity contribution < 1.29 is 0 Å². The number of rotatable bonds is 5. The van der Waals surface area contributed by atoms with Crippen LogP contribution in [0, 0.1) is 0 Å². The van der Waals surface area contributed by atoms with Crippen molar-refractivity contribution in [2.24, 2.45) is 5.73 Å². The van der Waals surface area contributed by atoms with Crippen LogP contribution in [0.15, 0.2) is 71.9 Å². The summed E-state index contributed by atoms with van der Waals surface area (Å²) in [5.74, 6) is 0.944. The van der Waals surface area contributed by atoms with Gasteiger partial charge in [0.25, 0.3) is 0 Å². The summed E-state index contributed by atoms with van der Waals surface area (Å²) in [4.78, 5) is 0. The Morgan fingerprint density at radius 1 is 1.16 bits per heavy atom. The van der Waals surface area contributed by atoms with Crippen LogP contribution in [0.1, 0.15) is 52.0 Å². The van der Waals surface area contributed by atoms with Gasteiger partial charge in [-0.15, -0.1) is 0 Å². The third kappa shape index (κ3) is 10.2. The number of hydrogen-bond acceptors (Lipinski definition) is 2. The fourth-order valence-corrected chi connectivity index (χ4v) is 2.56. The van der Waals surface area contributed by atoms with Crippen molar-refractivity contribution in [1.82, 2.24) is 0 Å². The second-order valence-corrected chi connectivity index (χ2v) is 6.15. The maximum Gasteiger partial charge on any atom is -0.0126 e. The van der Waals surface area contributed by atoms with Gasteiger partial charge in [-0.05, 0) is 56.5 Å². The van der Waals surface area contributed by atoms with Crippen LogP contribution in [-0.4, -0.2) is 12.8 Å². The maximum absolute atomic E-state index is 4.50. The molecule has 0 saturated heterocycles. The van der Waals surface area contributed by atoms with E-state index in [1.165, 1.54) is 30.2 Å². The first-order chi connectivity index (χ1) is 12.2. The van der Waals surface area contributed by atoms with E-state index in [0.29, 0.717) is 0 Å². The molecule has 25 heavy (non-hydrogen) atoms. The van der Waals surface area contributed by atoms with Gasteiger partial charge in [-0.25, -0.2) is 0 Å². The fourth-order valence-electron chi connectivity index (χ4n) is 2.56. The van der Waals surface area contributed by atoms with Crippen molar-refractivity contribution >= 4 is 18.2 Å². The molecule has 0 saturated carbocycles. The van der Waals surface area contributed by atoms with Gasteiger partial charge in [0.15, 0.2) is 0 Å². The number of thiol groups is 1. The molecule has 0 radical (unpaired) electrons. The van der Waals surface area contributed by atoms with Crippen LogP contribution in [0.4, 0.5) is 0 Å². The molecule has 138 valence electrons. The van der Waals surface area contributed by atoms with Gasteiger partial charge in [0, 0.05) is 0 Å². The molecule has 0 spiro atoms. The van der Waals surface area contributed by atoms with Crippen LogP contribution < -0.4 is 5.73 Å². The maximum atomic E-state index is 4.50. The number of nitrogens with two attached hydrogens (primary N) is 1. The van der Waals surface area contributed by atoms with E-state index < -0.39 is 0 Å². The molecule has 1 nitrogen and oxygen atoms in total. The van der Waals surface area contributed by atoms with E-state index in [-0.39, 0.29) is 0 Å². The Morgan fingerprint density at radius 3 is 2.36 bits per heavy atom. The highest BCUT2D eigenvalue weighted by Gasteiger charge is 2.06. The summed E-state index contributed by atoms with van der Waals surface area (Å²) in [6.45, 7) is 6.29. The number of allylic oxidation sites excluding steroid dienone is 8. The molecule has 0 aromatic heterocycles. The van der Waals surface area contributed by atoms with Crippen molar-refractivity contribution in [2.75, 3.05) is 12.8 Å². The topological polar surface area (TPSA) is 26.0 Å². The minimum absolute atomic E-state index is 0.944. The monoisotopic (exact) mass is 357 g/mol. The van der Waals surface area contributed by atoms with E-state index in [9.17, 15) is 0 Å². The van der Waals surface area contributed by atoms with E-state index in [0.717, 1.165) is 25.0 Å². The van der Waals surface area contributed by atoms with Crippen LogP contribution in [-0.2, 0) is 0 Å². The van der Waals surface area contributed by atoms with Gasteiger partial charge < -0.3 is 5.73 Å². The minimum atomic E-state index is 0.944. The third-order valence-electron chi connectivity index (χ3n) is 3.71. The highest BCUT2D eigenvalue weighted by Crippen LogP contribution is 2.27. The molecule has 0 bridgehead atoms. The molecule has 2 rings (SSSR count).